The Labute approximate surface area is 112 Å². The van der Waals surface area contributed by atoms with E-state index in [0.29, 0.717) is 24.0 Å². The minimum Gasteiger partial charge on any atom is -0.381 e. The van der Waals surface area contributed by atoms with Crippen LogP contribution < -0.4 is 5.32 Å². The SMILES string of the molecule is Cc1ccc(NC(=O)CC2CCCOC2)cc1Cl. The summed E-state index contributed by atoms with van der Waals surface area (Å²) in [6, 6.07) is 5.56. The number of anilines is 1. The minimum atomic E-state index is 0.0328. The Morgan fingerprint density at radius 1 is 1.56 bits per heavy atom. The third-order valence-electron chi connectivity index (χ3n) is 3.18. The van der Waals surface area contributed by atoms with E-state index in [1.165, 1.54) is 0 Å². The molecule has 1 aromatic carbocycles. The molecular weight excluding hydrogens is 250 g/mol. The lowest BCUT2D eigenvalue weighted by Gasteiger charge is -2.21. The predicted octanol–water partition coefficient (Wildman–Crippen LogP) is 3.40. The molecule has 1 unspecified atom stereocenters. The van der Waals surface area contributed by atoms with E-state index in [1.54, 1.807) is 6.07 Å². The summed E-state index contributed by atoms with van der Waals surface area (Å²) in [5, 5.41) is 3.55. The minimum absolute atomic E-state index is 0.0328. The van der Waals surface area contributed by atoms with Crippen LogP contribution in [-0.4, -0.2) is 19.1 Å². The van der Waals surface area contributed by atoms with Crippen molar-refractivity contribution >= 4 is 23.2 Å². The summed E-state index contributed by atoms with van der Waals surface area (Å²) in [5.41, 5.74) is 1.77. The monoisotopic (exact) mass is 267 g/mol. The van der Waals surface area contributed by atoms with Crippen LogP contribution >= 0.6 is 11.6 Å². The smallest absolute Gasteiger partial charge is 0.224 e. The number of nitrogens with one attached hydrogen (secondary N) is 1. The van der Waals surface area contributed by atoms with Crippen LogP contribution in [0.4, 0.5) is 5.69 Å². The topological polar surface area (TPSA) is 38.3 Å². The average molecular weight is 268 g/mol. The second-order valence-electron chi connectivity index (χ2n) is 4.80. The molecule has 1 aromatic rings. The number of aryl methyl sites for hydroxylation is 1. The number of rotatable bonds is 3. The highest BCUT2D eigenvalue weighted by Crippen LogP contribution is 2.21. The van der Waals surface area contributed by atoms with Crippen LogP contribution in [0.15, 0.2) is 18.2 Å². The van der Waals surface area contributed by atoms with Crippen LogP contribution in [0.25, 0.3) is 0 Å². The molecule has 0 saturated carbocycles. The molecule has 1 aliphatic rings. The zero-order valence-corrected chi connectivity index (χ0v) is 11.3. The number of carbonyl (C=O) groups excluding carboxylic acids is 1. The van der Waals surface area contributed by atoms with Crippen molar-refractivity contribution in [3.05, 3.63) is 28.8 Å². The second kappa shape index (κ2) is 6.21. The standard InChI is InChI=1S/C14H18ClNO2/c1-10-4-5-12(8-13(10)15)16-14(17)7-11-3-2-6-18-9-11/h4-5,8,11H,2-3,6-7,9H2,1H3,(H,16,17). The summed E-state index contributed by atoms with van der Waals surface area (Å²) >= 11 is 6.02. The first-order valence-corrected chi connectivity index (χ1v) is 6.66. The Morgan fingerprint density at radius 3 is 3.06 bits per heavy atom. The molecule has 4 heteroatoms. The van der Waals surface area contributed by atoms with E-state index in [2.05, 4.69) is 5.32 Å². The lowest BCUT2D eigenvalue weighted by molar-refractivity contribution is -0.118. The molecule has 2 rings (SSSR count). The Balaban J connectivity index is 1.88. The molecule has 1 saturated heterocycles. The van der Waals surface area contributed by atoms with Gasteiger partial charge in [0.25, 0.3) is 0 Å². The van der Waals surface area contributed by atoms with Crippen LogP contribution in [-0.2, 0) is 9.53 Å². The third-order valence-corrected chi connectivity index (χ3v) is 3.59. The zero-order valence-electron chi connectivity index (χ0n) is 10.5. The third kappa shape index (κ3) is 3.72. The fourth-order valence-electron chi connectivity index (χ4n) is 2.11. The summed E-state index contributed by atoms with van der Waals surface area (Å²) < 4.78 is 5.37. The van der Waals surface area contributed by atoms with Crippen molar-refractivity contribution in [2.24, 2.45) is 5.92 Å². The van der Waals surface area contributed by atoms with Crippen LogP contribution in [0.2, 0.25) is 5.02 Å². The molecule has 1 heterocycles. The van der Waals surface area contributed by atoms with E-state index in [-0.39, 0.29) is 5.91 Å². The Hall–Kier alpha value is -1.06. The van der Waals surface area contributed by atoms with Crippen LogP contribution in [0, 0.1) is 12.8 Å². The summed E-state index contributed by atoms with van der Waals surface area (Å²) in [7, 11) is 0. The van der Waals surface area contributed by atoms with Gasteiger partial charge in [0.1, 0.15) is 0 Å². The number of halogens is 1. The van der Waals surface area contributed by atoms with E-state index in [1.807, 2.05) is 19.1 Å². The van der Waals surface area contributed by atoms with Gasteiger partial charge in [-0.3, -0.25) is 4.79 Å². The maximum atomic E-state index is 11.9. The number of hydrogen-bond acceptors (Lipinski definition) is 2. The van der Waals surface area contributed by atoms with Crippen molar-refractivity contribution in [1.82, 2.24) is 0 Å². The first kappa shape index (κ1) is 13.4. The molecule has 98 valence electrons. The molecule has 1 atom stereocenters. The van der Waals surface area contributed by atoms with Gasteiger partial charge >= 0.3 is 0 Å². The quantitative estimate of drug-likeness (QED) is 0.911. The van der Waals surface area contributed by atoms with Crippen LogP contribution in [0.1, 0.15) is 24.8 Å². The normalized spacial score (nSPS) is 19.6. The maximum absolute atomic E-state index is 11.9. The van der Waals surface area contributed by atoms with Gasteiger partial charge in [0, 0.05) is 30.3 Å². The summed E-state index contributed by atoms with van der Waals surface area (Å²) in [6.45, 7) is 3.46. The lowest BCUT2D eigenvalue weighted by Crippen LogP contribution is -2.23. The first-order valence-electron chi connectivity index (χ1n) is 6.29. The maximum Gasteiger partial charge on any atom is 0.224 e. The summed E-state index contributed by atoms with van der Waals surface area (Å²) in [6.07, 6.45) is 2.64. The molecule has 0 aliphatic carbocycles. The van der Waals surface area contributed by atoms with Crippen molar-refractivity contribution in [2.45, 2.75) is 26.2 Å². The molecule has 1 N–H and O–H groups in total. The van der Waals surface area contributed by atoms with Gasteiger partial charge < -0.3 is 10.1 Å². The van der Waals surface area contributed by atoms with E-state index in [0.717, 1.165) is 30.7 Å². The lowest BCUT2D eigenvalue weighted by atomic mass is 9.98. The fraction of sp³-hybridized carbons (Fsp3) is 0.500. The summed E-state index contributed by atoms with van der Waals surface area (Å²) in [5.74, 6) is 0.380. The highest BCUT2D eigenvalue weighted by Gasteiger charge is 2.17. The molecule has 1 fully saturated rings. The fourth-order valence-corrected chi connectivity index (χ4v) is 2.29. The number of carbonyl (C=O) groups is 1. The van der Waals surface area contributed by atoms with Gasteiger partial charge in [0.05, 0.1) is 0 Å². The highest BCUT2D eigenvalue weighted by atomic mass is 35.5. The van der Waals surface area contributed by atoms with Gasteiger partial charge in [-0.1, -0.05) is 17.7 Å². The van der Waals surface area contributed by atoms with Crippen LogP contribution in [0.5, 0.6) is 0 Å². The van der Waals surface area contributed by atoms with Gasteiger partial charge in [0.15, 0.2) is 0 Å². The predicted molar refractivity (Wildman–Crippen MR) is 73.0 cm³/mol. The first-order chi connectivity index (χ1) is 8.65. The Bertz CT molecular complexity index is 428. The molecular formula is C14H18ClNO2. The summed E-state index contributed by atoms with van der Waals surface area (Å²) in [4.78, 5) is 11.9. The molecule has 3 nitrogen and oxygen atoms in total. The molecule has 1 aliphatic heterocycles. The molecule has 0 aromatic heterocycles. The number of benzene rings is 1. The van der Waals surface area contributed by atoms with E-state index in [4.69, 9.17) is 16.3 Å². The van der Waals surface area contributed by atoms with Gasteiger partial charge in [-0.2, -0.15) is 0 Å². The van der Waals surface area contributed by atoms with Gasteiger partial charge in [-0.25, -0.2) is 0 Å². The van der Waals surface area contributed by atoms with E-state index in [9.17, 15) is 4.79 Å². The number of hydrogen-bond donors (Lipinski definition) is 1. The Morgan fingerprint density at radius 2 is 2.39 bits per heavy atom. The molecule has 0 spiro atoms. The second-order valence-corrected chi connectivity index (χ2v) is 5.21. The van der Waals surface area contributed by atoms with Crippen molar-refractivity contribution in [3.63, 3.8) is 0 Å². The van der Waals surface area contributed by atoms with E-state index < -0.39 is 0 Å². The zero-order chi connectivity index (χ0) is 13.0. The molecule has 1 amide bonds. The van der Waals surface area contributed by atoms with Crippen molar-refractivity contribution in [2.75, 3.05) is 18.5 Å². The van der Waals surface area contributed by atoms with Crippen molar-refractivity contribution in [3.8, 4) is 0 Å². The average Bonchev–Trinajstić information content (AvgIpc) is 2.35. The van der Waals surface area contributed by atoms with Crippen molar-refractivity contribution in [1.29, 1.82) is 0 Å². The van der Waals surface area contributed by atoms with Gasteiger partial charge in [-0.15, -0.1) is 0 Å². The van der Waals surface area contributed by atoms with Gasteiger partial charge in [-0.05, 0) is 43.4 Å². The molecule has 0 bridgehead atoms. The largest absolute Gasteiger partial charge is 0.381 e. The number of amides is 1. The van der Waals surface area contributed by atoms with Crippen molar-refractivity contribution < 1.29 is 9.53 Å². The highest BCUT2D eigenvalue weighted by molar-refractivity contribution is 6.31. The molecule has 0 radical (unpaired) electrons. The Kier molecular flexibility index (Phi) is 4.61. The number of ether oxygens (including phenoxy) is 1. The van der Waals surface area contributed by atoms with E-state index >= 15 is 0 Å². The van der Waals surface area contributed by atoms with Gasteiger partial charge in [0.2, 0.25) is 5.91 Å². The van der Waals surface area contributed by atoms with Crippen LogP contribution in [0.3, 0.4) is 0 Å². The molecule has 18 heavy (non-hydrogen) atoms.